The molecule has 1 saturated heterocycles. The van der Waals surface area contributed by atoms with Gasteiger partial charge in [-0.15, -0.1) is 0 Å². The average Bonchev–Trinajstić information content (AvgIpc) is 2.71. The third-order valence-corrected chi connectivity index (χ3v) is 2.61. The van der Waals surface area contributed by atoms with Crippen LogP contribution in [0.15, 0.2) is 0 Å². The van der Waals surface area contributed by atoms with E-state index in [0.29, 0.717) is 5.92 Å². The predicted octanol–water partition coefficient (Wildman–Crippen LogP) is 0.454. The summed E-state index contributed by atoms with van der Waals surface area (Å²) in [4.78, 5) is 4.52. The monoisotopic (exact) mass is 180 g/mol. The largest absolute Gasteiger partial charge is 0.316 e. The lowest BCUT2D eigenvalue weighted by Gasteiger charge is -1.99. The van der Waals surface area contributed by atoms with Crippen molar-refractivity contribution in [2.24, 2.45) is 7.05 Å². The second-order valence-corrected chi connectivity index (χ2v) is 3.55. The van der Waals surface area contributed by atoms with E-state index in [1.807, 2.05) is 11.7 Å². The van der Waals surface area contributed by atoms with E-state index < -0.39 is 0 Å². The van der Waals surface area contributed by atoms with Crippen molar-refractivity contribution in [3.05, 3.63) is 11.6 Å². The quantitative estimate of drug-likeness (QED) is 0.718. The highest BCUT2D eigenvalue weighted by molar-refractivity contribution is 5.02. The van der Waals surface area contributed by atoms with E-state index in [0.717, 1.165) is 31.2 Å². The van der Waals surface area contributed by atoms with Crippen molar-refractivity contribution in [2.75, 3.05) is 13.1 Å². The van der Waals surface area contributed by atoms with Gasteiger partial charge in [0.05, 0.1) is 0 Å². The molecule has 0 bridgehead atoms. The van der Waals surface area contributed by atoms with Gasteiger partial charge in [0.15, 0.2) is 5.82 Å². The smallest absolute Gasteiger partial charge is 0.155 e. The van der Waals surface area contributed by atoms with Gasteiger partial charge in [0.1, 0.15) is 5.82 Å². The van der Waals surface area contributed by atoms with Crippen LogP contribution in [0.5, 0.6) is 0 Å². The Labute approximate surface area is 78.4 Å². The maximum Gasteiger partial charge on any atom is 0.155 e. The van der Waals surface area contributed by atoms with Gasteiger partial charge in [-0.2, -0.15) is 5.10 Å². The van der Waals surface area contributed by atoms with Crippen molar-refractivity contribution in [2.45, 2.75) is 25.7 Å². The standard InChI is InChI=1S/C9H16N4/c1-3-8-11-9(12-13(8)2)7-4-5-10-6-7/h7,10H,3-6H2,1-2H3. The number of nitrogens with one attached hydrogen (secondary N) is 1. The minimum absolute atomic E-state index is 0.534. The number of aryl methyl sites for hydroxylation is 2. The zero-order chi connectivity index (χ0) is 9.26. The molecule has 0 radical (unpaired) electrons. The van der Waals surface area contributed by atoms with Crippen LogP contribution in [-0.2, 0) is 13.5 Å². The number of rotatable bonds is 2. The summed E-state index contributed by atoms with van der Waals surface area (Å²) in [6.45, 7) is 4.25. The first-order valence-electron chi connectivity index (χ1n) is 4.91. The second-order valence-electron chi connectivity index (χ2n) is 3.55. The Morgan fingerprint density at radius 2 is 2.46 bits per heavy atom. The van der Waals surface area contributed by atoms with Gasteiger partial charge in [-0.1, -0.05) is 6.92 Å². The fraction of sp³-hybridized carbons (Fsp3) is 0.778. The van der Waals surface area contributed by atoms with Crippen LogP contribution in [-0.4, -0.2) is 27.9 Å². The average molecular weight is 180 g/mol. The topological polar surface area (TPSA) is 42.7 Å². The molecule has 1 aromatic rings. The molecule has 1 aliphatic rings. The molecule has 0 saturated carbocycles. The lowest BCUT2D eigenvalue weighted by Crippen LogP contribution is -2.09. The molecule has 0 spiro atoms. The van der Waals surface area contributed by atoms with Crippen LogP contribution in [0, 0.1) is 0 Å². The number of hydrogen-bond donors (Lipinski definition) is 1. The lowest BCUT2D eigenvalue weighted by molar-refractivity contribution is 0.663. The van der Waals surface area contributed by atoms with Crippen molar-refractivity contribution in [3.63, 3.8) is 0 Å². The summed E-state index contributed by atoms with van der Waals surface area (Å²) < 4.78 is 1.90. The Morgan fingerprint density at radius 3 is 3.00 bits per heavy atom. The SMILES string of the molecule is CCc1nc(C2CCNC2)nn1C. The Morgan fingerprint density at radius 1 is 1.62 bits per heavy atom. The lowest BCUT2D eigenvalue weighted by atomic mass is 10.1. The van der Waals surface area contributed by atoms with Gasteiger partial charge in [-0.3, -0.25) is 4.68 Å². The van der Waals surface area contributed by atoms with E-state index in [4.69, 9.17) is 0 Å². The number of aromatic nitrogens is 3. The summed E-state index contributed by atoms with van der Waals surface area (Å²) >= 11 is 0. The van der Waals surface area contributed by atoms with E-state index in [1.165, 1.54) is 6.42 Å². The fourth-order valence-corrected chi connectivity index (χ4v) is 1.79. The fourth-order valence-electron chi connectivity index (χ4n) is 1.79. The normalized spacial score (nSPS) is 22.5. The van der Waals surface area contributed by atoms with Crippen molar-refractivity contribution >= 4 is 0 Å². The van der Waals surface area contributed by atoms with E-state index >= 15 is 0 Å². The van der Waals surface area contributed by atoms with Gasteiger partial charge >= 0.3 is 0 Å². The molecule has 2 rings (SSSR count). The summed E-state index contributed by atoms with van der Waals surface area (Å²) in [6.07, 6.45) is 2.14. The van der Waals surface area contributed by atoms with Gasteiger partial charge in [0.2, 0.25) is 0 Å². The van der Waals surface area contributed by atoms with E-state index in [9.17, 15) is 0 Å². The highest BCUT2D eigenvalue weighted by atomic mass is 15.3. The molecule has 1 atom stereocenters. The van der Waals surface area contributed by atoms with E-state index in [2.05, 4.69) is 22.3 Å². The van der Waals surface area contributed by atoms with E-state index in [1.54, 1.807) is 0 Å². The van der Waals surface area contributed by atoms with Gasteiger partial charge < -0.3 is 5.32 Å². The Kier molecular flexibility index (Phi) is 2.31. The molecule has 4 nitrogen and oxygen atoms in total. The molecule has 1 N–H and O–H groups in total. The van der Waals surface area contributed by atoms with Gasteiger partial charge in [-0.05, 0) is 13.0 Å². The summed E-state index contributed by atoms with van der Waals surface area (Å²) in [5.74, 6) is 2.64. The molecule has 0 aliphatic carbocycles. The minimum Gasteiger partial charge on any atom is -0.316 e. The van der Waals surface area contributed by atoms with Crippen LogP contribution < -0.4 is 5.32 Å². The highest BCUT2D eigenvalue weighted by Crippen LogP contribution is 2.18. The zero-order valence-electron chi connectivity index (χ0n) is 8.25. The third kappa shape index (κ3) is 1.58. The van der Waals surface area contributed by atoms with Gasteiger partial charge in [0.25, 0.3) is 0 Å². The summed E-state index contributed by atoms with van der Waals surface area (Å²) in [5, 5.41) is 7.76. The minimum atomic E-state index is 0.534. The number of nitrogens with zero attached hydrogens (tertiary/aromatic N) is 3. The molecule has 2 heterocycles. The maximum atomic E-state index is 4.52. The second kappa shape index (κ2) is 3.46. The Hall–Kier alpha value is -0.900. The van der Waals surface area contributed by atoms with Crippen LogP contribution >= 0.6 is 0 Å². The van der Waals surface area contributed by atoms with Crippen molar-refractivity contribution < 1.29 is 0 Å². The molecule has 1 aromatic heterocycles. The predicted molar refractivity (Wildman–Crippen MR) is 50.6 cm³/mol. The molecule has 1 fully saturated rings. The Bertz CT molecular complexity index is 286. The molecular weight excluding hydrogens is 164 g/mol. The first-order chi connectivity index (χ1) is 6.31. The number of hydrogen-bond acceptors (Lipinski definition) is 3. The van der Waals surface area contributed by atoms with Crippen LogP contribution in [0.1, 0.15) is 30.9 Å². The van der Waals surface area contributed by atoms with Gasteiger partial charge in [-0.25, -0.2) is 4.98 Å². The third-order valence-electron chi connectivity index (χ3n) is 2.61. The first kappa shape index (κ1) is 8.69. The molecule has 72 valence electrons. The maximum absolute atomic E-state index is 4.52. The summed E-state index contributed by atoms with van der Waals surface area (Å²) in [7, 11) is 1.97. The molecule has 0 amide bonds. The molecule has 1 aliphatic heterocycles. The zero-order valence-corrected chi connectivity index (χ0v) is 8.25. The van der Waals surface area contributed by atoms with Crippen LogP contribution in [0.4, 0.5) is 0 Å². The van der Waals surface area contributed by atoms with Crippen molar-refractivity contribution in [1.82, 2.24) is 20.1 Å². The molecule has 13 heavy (non-hydrogen) atoms. The van der Waals surface area contributed by atoms with E-state index in [-0.39, 0.29) is 0 Å². The van der Waals surface area contributed by atoms with Crippen molar-refractivity contribution in [3.8, 4) is 0 Å². The molecule has 4 heteroatoms. The van der Waals surface area contributed by atoms with Gasteiger partial charge in [0, 0.05) is 25.9 Å². The summed E-state index contributed by atoms with van der Waals surface area (Å²) in [5.41, 5.74) is 0. The molecule has 1 unspecified atom stereocenters. The first-order valence-corrected chi connectivity index (χ1v) is 4.91. The molecular formula is C9H16N4. The van der Waals surface area contributed by atoms with Crippen LogP contribution in [0.25, 0.3) is 0 Å². The van der Waals surface area contributed by atoms with Crippen LogP contribution in [0.3, 0.4) is 0 Å². The highest BCUT2D eigenvalue weighted by Gasteiger charge is 2.21. The summed E-state index contributed by atoms with van der Waals surface area (Å²) in [6, 6.07) is 0. The van der Waals surface area contributed by atoms with Crippen LogP contribution in [0.2, 0.25) is 0 Å². The molecule has 0 aromatic carbocycles. The van der Waals surface area contributed by atoms with Crippen molar-refractivity contribution in [1.29, 1.82) is 0 Å². The Balaban J connectivity index is 2.20.